The molecular weight excluding hydrogens is 160 g/mol. The minimum Gasteiger partial charge on any atom is -0.199 e. The van der Waals surface area contributed by atoms with Crippen LogP contribution < -0.4 is 0 Å². The summed E-state index contributed by atoms with van der Waals surface area (Å²) in [4.78, 5) is 0. The van der Waals surface area contributed by atoms with Crippen LogP contribution in [0.25, 0.3) is 0 Å². The molecule has 1 aliphatic rings. The van der Waals surface area contributed by atoms with E-state index in [0.29, 0.717) is 0 Å². The normalized spacial score (nSPS) is 26.5. The van der Waals surface area contributed by atoms with Crippen LogP contribution in [0, 0.1) is 0 Å². The van der Waals surface area contributed by atoms with Crippen molar-refractivity contribution in [1.82, 2.24) is 0 Å². The van der Waals surface area contributed by atoms with Crippen molar-refractivity contribution >= 4 is 0 Å². The first kappa shape index (κ1) is 8.30. The lowest BCUT2D eigenvalue weighted by Crippen LogP contribution is -2.37. The van der Waals surface area contributed by atoms with Gasteiger partial charge in [0.05, 0.1) is 0 Å². The molecule has 11 heavy (non-hydrogen) atoms. The number of rotatable bonds is 0. The van der Waals surface area contributed by atoms with E-state index in [1.165, 1.54) is 6.08 Å². The van der Waals surface area contributed by atoms with Gasteiger partial charge in [-0.3, -0.25) is 0 Å². The molecular formula is C7H6F4. The molecule has 0 aromatic rings. The molecule has 0 N–H and O–H groups in total. The zero-order chi connectivity index (χ0) is 8.54. The first-order valence-electron chi connectivity index (χ1n) is 3.06. The number of halogens is 4. The highest BCUT2D eigenvalue weighted by atomic mass is 19.3. The summed E-state index contributed by atoms with van der Waals surface area (Å²) in [6.07, 6.45) is 2.46. The van der Waals surface area contributed by atoms with E-state index in [1.807, 2.05) is 0 Å². The molecule has 0 amide bonds. The van der Waals surface area contributed by atoms with Crippen LogP contribution in [0.3, 0.4) is 0 Å². The van der Waals surface area contributed by atoms with Crippen LogP contribution in [0.1, 0.15) is 6.42 Å². The van der Waals surface area contributed by atoms with Gasteiger partial charge in [-0.15, -0.1) is 0 Å². The van der Waals surface area contributed by atoms with Gasteiger partial charge in [-0.25, -0.2) is 0 Å². The fourth-order valence-electron chi connectivity index (χ4n) is 0.729. The molecule has 0 saturated carbocycles. The Kier molecular flexibility index (Phi) is 1.78. The van der Waals surface area contributed by atoms with Crippen LogP contribution in [-0.2, 0) is 0 Å². The molecule has 0 aliphatic heterocycles. The van der Waals surface area contributed by atoms with Crippen LogP contribution in [0.4, 0.5) is 17.6 Å². The maximum Gasteiger partial charge on any atom is 0.329 e. The Morgan fingerprint density at radius 2 is 1.64 bits per heavy atom. The molecule has 62 valence electrons. The summed E-state index contributed by atoms with van der Waals surface area (Å²) in [6, 6.07) is 0. The highest BCUT2D eigenvalue weighted by Crippen LogP contribution is 2.39. The molecule has 1 rings (SSSR count). The highest BCUT2D eigenvalue weighted by molar-refractivity contribution is 5.16. The molecule has 4 heteroatoms. The molecule has 0 saturated heterocycles. The molecule has 0 atom stereocenters. The van der Waals surface area contributed by atoms with Gasteiger partial charge in [0.25, 0.3) is 0 Å². The maximum atomic E-state index is 12.4. The van der Waals surface area contributed by atoms with E-state index in [-0.39, 0.29) is 6.08 Å². The first-order chi connectivity index (χ1) is 4.96. The molecule has 0 spiro atoms. The lowest BCUT2D eigenvalue weighted by molar-refractivity contribution is -0.175. The van der Waals surface area contributed by atoms with Crippen LogP contribution in [0.15, 0.2) is 24.3 Å². The van der Waals surface area contributed by atoms with Crippen LogP contribution in [-0.4, -0.2) is 11.8 Å². The van der Waals surface area contributed by atoms with Crippen molar-refractivity contribution in [2.24, 2.45) is 0 Å². The Morgan fingerprint density at radius 1 is 1.00 bits per heavy atom. The average Bonchev–Trinajstić information content (AvgIpc) is 1.94. The van der Waals surface area contributed by atoms with E-state index < -0.39 is 18.3 Å². The largest absolute Gasteiger partial charge is 0.329 e. The lowest BCUT2D eigenvalue weighted by atomic mass is 10.1. The van der Waals surface area contributed by atoms with E-state index in [1.54, 1.807) is 0 Å². The zero-order valence-electron chi connectivity index (χ0n) is 5.53. The molecule has 0 aromatic heterocycles. The molecule has 1 aliphatic carbocycles. The van der Waals surface area contributed by atoms with Gasteiger partial charge in [0.15, 0.2) is 0 Å². The fraction of sp³-hybridized carbons (Fsp3) is 0.429. The Morgan fingerprint density at radius 3 is 2.27 bits per heavy atom. The van der Waals surface area contributed by atoms with Gasteiger partial charge in [0, 0.05) is 6.42 Å². The van der Waals surface area contributed by atoms with E-state index in [9.17, 15) is 17.6 Å². The minimum atomic E-state index is -4.02. The molecule has 0 aromatic carbocycles. The first-order valence-corrected chi connectivity index (χ1v) is 3.06. The van der Waals surface area contributed by atoms with Crippen molar-refractivity contribution in [3.8, 4) is 0 Å². The van der Waals surface area contributed by atoms with Gasteiger partial charge >= 0.3 is 11.8 Å². The molecule has 0 bridgehead atoms. The fourth-order valence-corrected chi connectivity index (χ4v) is 0.729. The van der Waals surface area contributed by atoms with Crippen molar-refractivity contribution in [2.75, 3.05) is 0 Å². The summed E-state index contributed by atoms with van der Waals surface area (Å²) >= 11 is 0. The quantitative estimate of drug-likeness (QED) is 0.485. The van der Waals surface area contributed by atoms with Gasteiger partial charge in [-0.1, -0.05) is 18.2 Å². The van der Waals surface area contributed by atoms with Crippen molar-refractivity contribution in [3.05, 3.63) is 24.3 Å². The smallest absolute Gasteiger partial charge is 0.199 e. The third-order valence-corrected chi connectivity index (χ3v) is 1.41. The van der Waals surface area contributed by atoms with E-state index in [2.05, 4.69) is 0 Å². The third-order valence-electron chi connectivity index (χ3n) is 1.41. The van der Waals surface area contributed by atoms with Crippen molar-refractivity contribution < 1.29 is 17.6 Å². The second-order valence-electron chi connectivity index (χ2n) is 2.32. The third kappa shape index (κ3) is 1.44. The predicted molar refractivity (Wildman–Crippen MR) is 32.8 cm³/mol. The second kappa shape index (κ2) is 2.36. The summed E-state index contributed by atoms with van der Waals surface area (Å²) in [5.41, 5.74) is 0. The van der Waals surface area contributed by atoms with Crippen LogP contribution >= 0.6 is 0 Å². The summed E-state index contributed by atoms with van der Waals surface area (Å²) in [7, 11) is 0. The summed E-state index contributed by atoms with van der Waals surface area (Å²) < 4.78 is 49.5. The van der Waals surface area contributed by atoms with Gasteiger partial charge < -0.3 is 0 Å². The molecule has 0 nitrogen and oxygen atoms in total. The van der Waals surface area contributed by atoms with E-state index >= 15 is 0 Å². The van der Waals surface area contributed by atoms with Gasteiger partial charge in [-0.2, -0.15) is 17.6 Å². The summed E-state index contributed by atoms with van der Waals surface area (Å²) in [5, 5.41) is 0. The van der Waals surface area contributed by atoms with Crippen molar-refractivity contribution in [1.29, 1.82) is 0 Å². The predicted octanol–water partition coefficient (Wildman–Crippen LogP) is 2.77. The monoisotopic (exact) mass is 166 g/mol. The highest BCUT2D eigenvalue weighted by Gasteiger charge is 2.53. The van der Waals surface area contributed by atoms with Crippen LogP contribution in [0.5, 0.6) is 0 Å². The Hall–Kier alpha value is -0.800. The number of hydrogen-bond donors (Lipinski definition) is 0. The average molecular weight is 166 g/mol. The molecule has 0 fully saturated rings. The second-order valence-corrected chi connectivity index (χ2v) is 2.32. The minimum absolute atomic E-state index is 0.219. The Balaban J connectivity index is 2.95. The van der Waals surface area contributed by atoms with E-state index in [4.69, 9.17) is 0 Å². The van der Waals surface area contributed by atoms with Crippen molar-refractivity contribution in [3.63, 3.8) is 0 Å². The maximum absolute atomic E-state index is 12.4. The van der Waals surface area contributed by atoms with Gasteiger partial charge in [0.2, 0.25) is 0 Å². The van der Waals surface area contributed by atoms with Crippen LogP contribution in [0.2, 0.25) is 0 Å². The summed E-state index contributed by atoms with van der Waals surface area (Å²) in [5.74, 6) is -7.97. The number of allylic oxidation sites excluding steroid dienone is 4. The number of hydrogen-bond acceptors (Lipinski definition) is 0. The molecule has 0 heterocycles. The van der Waals surface area contributed by atoms with Gasteiger partial charge in [0.1, 0.15) is 0 Å². The molecule has 0 radical (unpaired) electrons. The summed E-state index contributed by atoms with van der Waals surface area (Å²) in [6.45, 7) is 0. The molecule has 0 unspecified atom stereocenters. The Labute approximate surface area is 61.2 Å². The SMILES string of the molecule is FC1(F)C=CC=CCC1(F)F. The number of alkyl halides is 4. The van der Waals surface area contributed by atoms with Gasteiger partial charge in [-0.05, 0) is 6.08 Å². The van der Waals surface area contributed by atoms with Crippen molar-refractivity contribution in [2.45, 2.75) is 18.3 Å². The Bertz CT molecular complexity index is 202. The standard InChI is InChI=1S/C7H6F4/c8-6(9)4-2-1-3-5-7(6,10)11/h1-4H,5H2. The van der Waals surface area contributed by atoms with E-state index in [0.717, 1.165) is 12.2 Å². The lowest BCUT2D eigenvalue weighted by Gasteiger charge is -2.21. The topological polar surface area (TPSA) is 0 Å². The zero-order valence-corrected chi connectivity index (χ0v) is 5.53.